The van der Waals surface area contributed by atoms with Gasteiger partial charge < -0.3 is 24.4 Å². The van der Waals surface area contributed by atoms with E-state index < -0.39 is 11.7 Å². The maximum atomic E-state index is 12.8. The van der Waals surface area contributed by atoms with Crippen LogP contribution >= 0.6 is 0 Å². The van der Waals surface area contributed by atoms with E-state index in [2.05, 4.69) is 13.8 Å². The molecule has 2 rings (SSSR count). The quantitative estimate of drug-likeness (QED) is 0.189. The Morgan fingerprint density at radius 2 is 2.00 bits per heavy atom. The van der Waals surface area contributed by atoms with Gasteiger partial charge in [-0.25, -0.2) is 0 Å². The van der Waals surface area contributed by atoms with Crippen molar-refractivity contribution in [2.24, 2.45) is 23.7 Å². The molecular formula is C30H50O6. The molecule has 1 saturated heterocycles. The Morgan fingerprint density at radius 1 is 1.31 bits per heavy atom. The molecule has 6 nitrogen and oxygen atoms in total. The van der Waals surface area contributed by atoms with Crippen LogP contribution in [-0.4, -0.2) is 59.4 Å². The van der Waals surface area contributed by atoms with Crippen molar-refractivity contribution < 1.29 is 29.2 Å². The van der Waals surface area contributed by atoms with Crippen LogP contribution < -0.4 is 0 Å². The van der Waals surface area contributed by atoms with Gasteiger partial charge in [0.2, 0.25) is 0 Å². The Kier molecular flexibility index (Phi) is 11.9. The molecule has 0 aromatic heterocycles. The standard InChI is InChI=1S/C30H50O6/c1-9-24-15-17-30(7,33)16-11-14-21(4)27(35-25(31)18-24)20(3)13-10-12-19(2)26(32)29-28(36-29)22(5)23(6)34-8/h10-14,19,21-24,26-29,32-33H,9,15-18H2,1-8H3. The van der Waals surface area contributed by atoms with Gasteiger partial charge in [-0.15, -0.1) is 0 Å². The molecule has 0 aromatic rings. The van der Waals surface area contributed by atoms with Crippen LogP contribution in [0.2, 0.25) is 0 Å². The molecule has 6 heteroatoms. The third-order valence-corrected chi connectivity index (χ3v) is 8.15. The Hall–Kier alpha value is -1.47. The van der Waals surface area contributed by atoms with E-state index in [4.69, 9.17) is 14.2 Å². The molecule has 2 heterocycles. The van der Waals surface area contributed by atoms with Gasteiger partial charge in [-0.2, -0.15) is 0 Å². The van der Waals surface area contributed by atoms with Crippen molar-refractivity contribution in [3.8, 4) is 0 Å². The lowest BCUT2D eigenvalue weighted by molar-refractivity contribution is -0.150. The van der Waals surface area contributed by atoms with Gasteiger partial charge in [0.15, 0.2) is 0 Å². The number of aliphatic hydroxyl groups excluding tert-OH is 1. The fraction of sp³-hybridized carbons (Fsp3) is 0.767. The molecule has 2 aliphatic heterocycles. The van der Waals surface area contributed by atoms with E-state index in [0.717, 1.165) is 18.4 Å². The lowest BCUT2D eigenvalue weighted by Gasteiger charge is -2.28. The highest BCUT2D eigenvalue weighted by Crippen LogP contribution is 2.37. The summed E-state index contributed by atoms with van der Waals surface area (Å²) in [6, 6.07) is 0. The van der Waals surface area contributed by atoms with E-state index in [9.17, 15) is 15.0 Å². The zero-order chi connectivity index (χ0) is 27.0. The minimum absolute atomic E-state index is 0.0130. The van der Waals surface area contributed by atoms with Gasteiger partial charge in [-0.05, 0) is 51.5 Å². The number of hydrogen-bond donors (Lipinski definition) is 2. The fourth-order valence-electron chi connectivity index (χ4n) is 4.95. The number of carbonyl (C=O) groups is 1. The summed E-state index contributed by atoms with van der Waals surface area (Å²) in [4.78, 5) is 12.8. The number of allylic oxidation sites excluding steroid dienone is 2. The van der Waals surface area contributed by atoms with Gasteiger partial charge in [-0.1, -0.05) is 64.5 Å². The van der Waals surface area contributed by atoms with Crippen molar-refractivity contribution >= 4 is 5.97 Å². The summed E-state index contributed by atoms with van der Waals surface area (Å²) < 4.78 is 17.1. The van der Waals surface area contributed by atoms with Crippen LogP contribution in [0.5, 0.6) is 0 Å². The van der Waals surface area contributed by atoms with Crippen LogP contribution in [0.3, 0.4) is 0 Å². The molecule has 0 aromatic carbocycles. The molecule has 0 aliphatic carbocycles. The predicted octanol–water partition coefficient (Wildman–Crippen LogP) is 5.38. The van der Waals surface area contributed by atoms with Crippen molar-refractivity contribution in [1.29, 1.82) is 0 Å². The molecule has 36 heavy (non-hydrogen) atoms. The van der Waals surface area contributed by atoms with E-state index in [0.29, 0.717) is 19.3 Å². The molecular weight excluding hydrogens is 456 g/mol. The van der Waals surface area contributed by atoms with Crippen LogP contribution in [-0.2, 0) is 19.0 Å². The van der Waals surface area contributed by atoms with Gasteiger partial charge in [0.1, 0.15) is 12.2 Å². The highest BCUT2D eigenvalue weighted by atomic mass is 16.6. The van der Waals surface area contributed by atoms with E-state index in [1.807, 2.05) is 65.0 Å². The topological polar surface area (TPSA) is 88.5 Å². The molecule has 10 unspecified atom stereocenters. The molecule has 1 fully saturated rings. The number of epoxide rings is 1. The zero-order valence-electron chi connectivity index (χ0n) is 23.6. The number of esters is 1. The number of hydrogen-bond acceptors (Lipinski definition) is 6. The third-order valence-electron chi connectivity index (χ3n) is 8.15. The number of carbonyl (C=O) groups excluding carboxylic acids is 1. The summed E-state index contributed by atoms with van der Waals surface area (Å²) in [7, 11) is 1.69. The molecule has 0 spiro atoms. The molecule has 0 saturated carbocycles. The minimum atomic E-state index is -0.767. The van der Waals surface area contributed by atoms with Crippen LogP contribution in [0.15, 0.2) is 36.0 Å². The van der Waals surface area contributed by atoms with Gasteiger partial charge in [0.05, 0.1) is 23.9 Å². The van der Waals surface area contributed by atoms with E-state index in [-0.39, 0.29) is 54.1 Å². The molecule has 10 atom stereocenters. The number of aliphatic hydroxyl groups is 2. The summed E-state index contributed by atoms with van der Waals surface area (Å²) in [5, 5.41) is 21.5. The first kappa shape index (κ1) is 30.8. The second-order valence-electron chi connectivity index (χ2n) is 11.4. The molecule has 0 amide bonds. The number of ether oxygens (including phenoxy) is 3. The van der Waals surface area contributed by atoms with Gasteiger partial charge in [0, 0.05) is 31.3 Å². The Balaban J connectivity index is 2.07. The van der Waals surface area contributed by atoms with Crippen molar-refractivity contribution in [2.45, 2.75) is 117 Å². The fourth-order valence-corrected chi connectivity index (χ4v) is 4.95. The van der Waals surface area contributed by atoms with Crippen molar-refractivity contribution in [2.75, 3.05) is 7.11 Å². The van der Waals surface area contributed by atoms with Crippen LogP contribution in [0.1, 0.15) is 80.6 Å². The molecule has 2 aliphatic rings. The molecule has 0 bridgehead atoms. The molecule has 0 radical (unpaired) electrons. The van der Waals surface area contributed by atoms with Gasteiger partial charge >= 0.3 is 5.97 Å². The Bertz CT molecular complexity index is 784. The summed E-state index contributed by atoms with van der Waals surface area (Å²) >= 11 is 0. The highest BCUT2D eigenvalue weighted by molar-refractivity contribution is 5.70. The monoisotopic (exact) mass is 506 g/mol. The minimum Gasteiger partial charge on any atom is -0.457 e. The smallest absolute Gasteiger partial charge is 0.306 e. The van der Waals surface area contributed by atoms with Crippen molar-refractivity contribution in [1.82, 2.24) is 0 Å². The Labute approximate surface area is 218 Å². The largest absolute Gasteiger partial charge is 0.457 e. The van der Waals surface area contributed by atoms with Crippen molar-refractivity contribution in [3.05, 3.63) is 36.0 Å². The van der Waals surface area contributed by atoms with Crippen molar-refractivity contribution in [3.63, 3.8) is 0 Å². The SMILES string of the molecule is CCC1CCC(C)(O)CC=CC(C)C(C(C)=CC=CC(C)C(O)C2OC2C(C)C(C)OC)OC(=O)C1. The van der Waals surface area contributed by atoms with E-state index in [1.165, 1.54) is 0 Å². The van der Waals surface area contributed by atoms with Crippen LogP contribution in [0, 0.1) is 23.7 Å². The average Bonchev–Trinajstić information content (AvgIpc) is 3.63. The van der Waals surface area contributed by atoms with Gasteiger partial charge in [0.25, 0.3) is 0 Å². The first-order valence-electron chi connectivity index (χ1n) is 13.7. The summed E-state index contributed by atoms with van der Waals surface area (Å²) in [5.41, 5.74) is 0.176. The number of rotatable bonds is 9. The lowest BCUT2D eigenvalue weighted by atomic mass is 9.87. The number of cyclic esters (lactones) is 1. The van der Waals surface area contributed by atoms with Gasteiger partial charge in [-0.3, -0.25) is 4.79 Å². The number of methoxy groups -OCH3 is 1. The van der Waals surface area contributed by atoms with E-state index in [1.54, 1.807) is 7.11 Å². The average molecular weight is 507 g/mol. The first-order valence-corrected chi connectivity index (χ1v) is 13.7. The lowest BCUT2D eigenvalue weighted by Crippen LogP contribution is -2.29. The van der Waals surface area contributed by atoms with Crippen LogP contribution in [0.25, 0.3) is 0 Å². The summed E-state index contributed by atoms with van der Waals surface area (Å²) in [5.74, 6) is 0.121. The Morgan fingerprint density at radius 3 is 2.64 bits per heavy atom. The predicted molar refractivity (Wildman–Crippen MR) is 143 cm³/mol. The normalized spacial score (nSPS) is 35.9. The second-order valence-corrected chi connectivity index (χ2v) is 11.4. The molecule has 206 valence electrons. The maximum absolute atomic E-state index is 12.8. The molecule has 2 N–H and O–H groups in total. The first-order chi connectivity index (χ1) is 16.9. The zero-order valence-corrected chi connectivity index (χ0v) is 23.6. The highest BCUT2D eigenvalue weighted by Gasteiger charge is 2.49. The summed E-state index contributed by atoms with van der Waals surface area (Å²) in [6.45, 7) is 14.0. The second kappa shape index (κ2) is 13.9. The van der Waals surface area contributed by atoms with Crippen LogP contribution in [0.4, 0.5) is 0 Å². The maximum Gasteiger partial charge on any atom is 0.306 e. The third kappa shape index (κ3) is 9.13. The van der Waals surface area contributed by atoms with E-state index >= 15 is 0 Å². The summed E-state index contributed by atoms with van der Waals surface area (Å²) in [6.07, 6.45) is 12.2.